The number of nitrogens with two attached hydrogens (primary N) is 1. The van der Waals surface area contributed by atoms with Crippen molar-refractivity contribution in [2.75, 3.05) is 6.54 Å². The van der Waals surface area contributed by atoms with Crippen molar-refractivity contribution in [2.45, 2.75) is 30.0 Å². The monoisotopic (exact) mass is 324 g/mol. The predicted octanol–water partition coefficient (Wildman–Crippen LogP) is 2.68. The Balaban J connectivity index is 2.19. The second-order valence-corrected chi connectivity index (χ2v) is 7.86. The summed E-state index contributed by atoms with van der Waals surface area (Å²) in [5.41, 5.74) is 6.47. The molecule has 1 unspecified atom stereocenters. The van der Waals surface area contributed by atoms with Gasteiger partial charge in [0.05, 0.1) is 0 Å². The molecule has 0 aliphatic rings. The SMILES string of the molecule is CCC(NS(=O)(=O)c1ccc(CCN)s1)c1ccccc1. The van der Waals surface area contributed by atoms with Crippen molar-refractivity contribution in [1.29, 1.82) is 0 Å². The van der Waals surface area contributed by atoms with E-state index in [9.17, 15) is 8.42 Å². The van der Waals surface area contributed by atoms with Crippen LogP contribution >= 0.6 is 11.3 Å². The first kappa shape index (κ1) is 16.2. The number of hydrogen-bond donors (Lipinski definition) is 2. The first-order chi connectivity index (χ1) is 10.1. The molecule has 1 aromatic carbocycles. The third-order valence-electron chi connectivity index (χ3n) is 3.20. The molecule has 2 rings (SSSR count). The Kier molecular flexibility index (Phi) is 5.52. The number of thiophene rings is 1. The van der Waals surface area contributed by atoms with Crippen LogP contribution in [0.3, 0.4) is 0 Å². The van der Waals surface area contributed by atoms with E-state index >= 15 is 0 Å². The molecule has 0 spiro atoms. The van der Waals surface area contributed by atoms with E-state index in [-0.39, 0.29) is 6.04 Å². The molecule has 0 radical (unpaired) electrons. The molecule has 0 amide bonds. The fourth-order valence-corrected chi connectivity index (χ4v) is 4.79. The van der Waals surface area contributed by atoms with Gasteiger partial charge < -0.3 is 5.73 Å². The summed E-state index contributed by atoms with van der Waals surface area (Å²) in [6.45, 7) is 2.49. The average Bonchev–Trinajstić information content (AvgIpc) is 2.96. The van der Waals surface area contributed by atoms with Gasteiger partial charge in [-0.2, -0.15) is 0 Å². The van der Waals surface area contributed by atoms with Gasteiger partial charge in [-0.05, 0) is 37.1 Å². The average molecular weight is 324 g/mol. The second-order valence-electron chi connectivity index (χ2n) is 4.75. The van der Waals surface area contributed by atoms with Crippen LogP contribution < -0.4 is 10.5 Å². The molecule has 0 saturated carbocycles. The smallest absolute Gasteiger partial charge is 0.250 e. The van der Waals surface area contributed by atoms with Gasteiger partial charge in [0.1, 0.15) is 4.21 Å². The third kappa shape index (κ3) is 4.14. The van der Waals surface area contributed by atoms with Gasteiger partial charge in [-0.25, -0.2) is 13.1 Å². The first-order valence-corrected chi connectivity index (χ1v) is 9.23. The standard InChI is InChI=1S/C15H20N2O2S2/c1-2-14(12-6-4-3-5-7-12)17-21(18,19)15-9-8-13(20-15)10-11-16/h3-9,14,17H,2,10-11,16H2,1H3. The van der Waals surface area contributed by atoms with E-state index in [1.807, 2.05) is 43.3 Å². The van der Waals surface area contributed by atoms with E-state index in [2.05, 4.69) is 4.72 Å². The Morgan fingerprint density at radius 1 is 1.19 bits per heavy atom. The normalized spacial score (nSPS) is 13.2. The van der Waals surface area contributed by atoms with Crippen LogP contribution in [0.4, 0.5) is 0 Å². The Hall–Kier alpha value is -1.21. The lowest BCUT2D eigenvalue weighted by Crippen LogP contribution is -2.27. The minimum atomic E-state index is -3.49. The lowest BCUT2D eigenvalue weighted by molar-refractivity contribution is 0.552. The van der Waals surface area contributed by atoms with Gasteiger partial charge in [0.15, 0.2) is 0 Å². The van der Waals surface area contributed by atoms with Crippen LogP contribution in [0, 0.1) is 0 Å². The summed E-state index contributed by atoms with van der Waals surface area (Å²) < 4.78 is 28.1. The van der Waals surface area contributed by atoms with Crippen LogP contribution in [0.25, 0.3) is 0 Å². The van der Waals surface area contributed by atoms with Crippen LogP contribution in [-0.4, -0.2) is 15.0 Å². The van der Waals surface area contributed by atoms with Gasteiger partial charge in [0.25, 0.3) is 10.0 Å². The highest BCUT2D eigenvalue weighted by Crippen LogP contribution is 2.25. The molecule has 1 aromatic heterocycles. The van der Waals surface area contributed by atoms with Crippen LogP contribution in [0.2, 0.25) is 0 Å². The Labute approximate surface area is 130 Å². The van der Waals surface area contributed by atoms with Crippen LogP contribution in [0.15, 0.2) is 46.7 Å². The fourth-order valence-electron chi connectivity index (χ4n) is 2.10. The summed E-state index contributed by atoms with van der Waals surface area (Å²) in [6.07, 6.45) is 1.40. The lowest BCUT2D eigenvalue weighted by atomic mass is 10.1. The Bertz CT molecular complexity index is 666. The zero-order valence-corrected chi connectivity index (χ0v) is 13.6. The Morgan fingerprint density at radius 3 is 2.52 bits per heavy atom. The van der Waals surface area contributed by atoms with E-state index in [1.165, 1.54) is 11.3 Å². The summed E-state index contributed by atoms with van der Waals surface area (Å²) in [6, 6.07) is 12.9. The van der Waals surface area contributed by atoms with Crippen molar-refractivity contribution in [1.82, 2.24) is 4.72 Å². The quantitative estimate of drug-likeness (QED) is 0.822. The van der Waals surface area contributed by atoms with Crippen molar-refractivity contribution in [3.05, 3.63) is 52.9 Å². The van der Waals surface area contributed by atoms with Crippen molar-refractivity contribution >= 4 is 21.4 Å². The molecule has 4 nitrogen and oxygen atoms in total. The predicted molar refractivity (Wildman–Crippen MR) is 86.9 cm³/mol. The number of hydrogen-bond acceptors (Lipinski definition) is 4. The van der Waals surface area contributed by atoms with Crippen LogP contribution in [0.5, 0.6) is 0 Å². The van der Waals surface area contributed by atoms with Gasteiger partial charge in [0, 0.05) is 10.9 Å². The lowest BCUT2D eigenvalue weighted by Gasteiger charge is -2.16. The van der Waals surface area contributed by atoms with Crippen LogP contribution in [-0.2, 0) is 16.4 Å². The molecule has 0 aliphatic carbocycles. The maximum atomic E-state index is 12.5. The molecule has 114 valence electrons. The number of rotatable bonds is 7. The largest absolute Gasteiger partial charge is 0.330 e. The molecule has 2 aromatic rings. The topological polar surface area (TPSA) is 72.2 Å². The maximum absolute atomic E-state index is 12.5. The van der Waals surface area contributed by atoms with Gasteiger partial charge in [-0.3, -0.25) is 0 Å². The molecule has 0 fully saturated rings. The molecule has 1 heterocycles. The van der Waals surface area contributed by atoms with Crippen molar-refractivity contribution in [2.24, 2.45) is 5.73 Å². The Morgan fingerprint density at radius 2 is 1.90 bits per heavy atom. The summed E-state index contributed by atoms with van der Waals surface area (Å²) in [7, 11) is -3.49. The highest BCUT2D eigenvalue weighted by molar-refractivity contribution is 7.91. The van der Waals surface area contributed by atoms with E-state index in [1.54, 1.807) is 6.07 Å². The van der Waals surface area contributed by atoms with E-state index in [4.69, 9.17) is 5.73 Å². The van der Waals surface area contributed by atoms with E-state index < -0.39 is 10.0 Å². The minimum absolute atomic E-state index is 0.212. The van der Waals surface area contributed by atoms with Crippen molar-refractivity contribution < 1.29 is 8.42 Å². The minimum Gasteiger partial charge on any atom is -0.330 e. The fraction of sp³-hybridized carbons (Fsp3) is 0.333. The van der Waals surface area contributed by atoms with Gasteiger partial charge in [0.2, 0.25) is 0 Å². The van der Waals surface area contributed by atoms with E-state index in [0.717, 1.165) is 10.4 Å². The highest BCUT2D eigenvalue weighted by atomic mass is 32.2. The molecular formula is C15H20N2O2S2. The maximum Gasteiger partial charge on any atom is 0.250 e. The first-order valence-electron chi connectivity index (χ1n) is 6.93. The van der Waals surface area contributed by atoms with Gasteiger partial charge in [-0.1, -0.05) is 37.3 Å². The highest BCUT2D eigenvalue weighted by Gasteiger charge is 2.21. The second kappa shape index (κ2) is 7.17. The van der Waals surface area contributed by atoms with Crippen molar-refractivity contribution in [3.8, 4) is 0 Å². The zero-order chi connectivity index (χ0) is 15.3. The molecule has 0 bridgehead atoms. The number of sulfonamides is 1. The van der Waals surface area contributed by atoms with Crippen LogP contribution in [0.1, 0.15) is 29.8 Å². The zero-order valence-electron chi connectivity index (χ0n) is 12.0. The molecule has 21 heavy (non-hydrogen) atoms. The molecule has 6 heteroatoms. The summed E-state index contributed by atoms with van der Waals surface area (Å²) >= 11 is 1.28. The molecular weight excluding hydrogens is 304 g/mol. The summed E-state index contributed by atoms with van der Waals surface area (Å²) in [4.78, 5) is 0.991. The molecule has 0 saturated heterocycles. The third-order valence-corrected chi connectivity index (χ3v) is 6.31. The molecule has 3 N–H and O–H groups in total. The molecule has 0 aliphatic heterocycles. The molecule has 1 atom stereocenters. The number of nitrogens with one attached hydrogen (secondary N) is 1. The van der Waals surface area contributed by atoms with E-state index in [0.29, 0.717) is 23.6 Å². The van der Waals surface area contributed by atoms with Gasteiger partial charge in [-0.15, -0.1) is 11.3 Å². The summed E-state index contributed by atoms with van der Waals surface area (Å²) in [5, 5.41) is 0. The summed E-state index contributed by atoms with van der Waals surface area (Å²) in [5.74, 6) is 0. The van der Waals surface area contributed by atoms with Gasteiger partial charge >= 0.3 is 0 Å². The number of benzene rings is 1. The van der Waals surface area contributed by atoms with Crippen molar-refractivity contribution in [3.63, 3.8) is 0 Å².